The van der Waals surface area contributed by atoms with Crippen LogP contribution in [0.1, 0.15) is 17.7 Å². The van der Waals surface area contributed by atoms with Crippen molar-refractivity contribution in [2.24, 2.45) is 0 Å². The van der Waals surface area contributed by atoms with Gasteiger partial charge in [0.2, 0.25) is 5.91 Å². The zero-order chi connectivity index (χ0) is 10.1. The molecule has 1 amide bonds. The van der Waals surface area contributed by atoms with E-state index in [0.717, 1.165) is 26.7 Å². The van der Waals surface area contributed by atoms with E-state index < -0.39 is 0 Å². The first-order chi connectivity index (χ1) is 6.66. The Balaban J connectivity index is 2.10. The van der Waals surface area contributed by atoms with Crippen molar-refractivity contribution in [1.29, 1.82) is 0 Å². The van der Waals surface area contributed by atoms with E-state index in [4.69, 9.17) is 11.6 Å². The molecule has 0 bridgehead atoms. The maximum atomic E-state index is 11.4. The van der Waals surface area contributed by atoms with E-state index in [-0.39, 0.29) is 5.91 Å². The summed E-state index contributed by atoms with van der Waals surface area (Å²) in [4.78, 5) is 14.3. The van der Waals surface area contributed by atoms with Crippen molar-refractivity contribution in [2.45, 2.75) is 19.4 Å². The van der Waals surface area contributed by atoms with Crippen molar-refractivity contribution in [1.82, 2.24) is 4.90 Å². The Bertz CT molecular complexity index is 366. The molecule has 2 nitrogen and oxygen atoms in total. The number of rotatable bonds is 2. The molecule has 0 N–H and O–H groups in total. The molecule has 14 heavy (non-hydrogen) atoms. The van der Waals surface area contributed by atoms with Crippen LogP contribution in [0.25, 0.3) is 0 Å². The van der Waals surface area contributed by atoms with E-state index in [1.165, 1.54) is 0 Å². The lowest BCUT2D eigenvalue weighted by Crippen LogP contribution is -2.23. The third kappa shape index (κ3) is 2.12. The molecule has 2 rings (SSSR count). The van der Waals surface area contributed by atoms with Crippen LogP contribution >= 0.6 is 38.9 Å². The van der Waals surface area contributed by atoms with Crippen LogP contribution in [0.4, 0.5) is 0 Å². The van der Waals surface area contributed by atoms with E-state index in [2.05, 4.69) is 15.9 Å². The molecule has 1 aliphatic rings. The maximum Gasteiger partial charge on any atom is 0.222 e. The van der Waals surface area contributed by atoms with Gasteiger partial charge in [-0.05, 0) is 28.4 Å². The molecule has 1 fully saturated rings. The van der Waals surface area contributed by atoms with Gasteiger partial charge in [0.1, 0.15) is 0 Å². The summed E-state index contributed by atoms with van der Waals surface area (Å²) in [5.74, 6) is 0.241. The standard InChI is InChI=1S/C9H9BrClNOS/c10-8-4-6(11)7(14-8)5-12-3-1-2-9(12)13/h4H,1-3,5H2. The van der Waals surface area contributed by atoms with Crippen LogP contribution in [0, 0.1) is 0 Å². The van der Waals surface area contributed by atoms with Crippen LogP contribution in [-0.2, 0) is 11.3 Å². The fourth-order valence-corrected chi connectivity index (χ4v) is 3.61. The fraction of sp³-hybridized carbons (Fsp3) is 0.444. The highest BCUT2D eigenvalue weighted by atomic mass is 79.9. The molecule has 0 aromatic carbocycles. The molecule has 76 valence electrons. The van der Waals surface area contributed by atoms with Gasteiger partial charge in [0.15, 0.2) is 0 Å². The highest BCUT2D eigenvalue weighted by Gasteiger charge is 2.21. The number of carbonyl (C=O) groups is 1. The zero-order valence-corrected chi connectivity index (χ0v) is 10.6. The summed E-state index contributed by atoms with van der Waals surface area (Å²) in [5.41, 5.74) is 0. The second-order valence-corrected chi connectivity index (χ2v) is 6.16. The molecule has 1 aromatic rings. The molecule has 0 radical (unpaired) electrons. The smallest absolute Gasteiger partial charge is 0.222 e. The minimum Gasteiger partial charge on any atom is -0.337 e. The number of likely N-dealkylation sites (tertiary alicyclic amines) is 1. The number of carbonyl (C=O) groups excluding carboxylic acids is 1. The van der Waals surface area contributed by atoms with E-state index in [9.17, 15) is 4.79 Å². The van der Waals surface area contributed by atoms with Crippen LogP contribution in [-0.4, -0.2) is 17.4 Å². The van der Waals surface area contributed by atoms with Gasteiger partial charge in [0, 0.05) is 17.8 Å². The minimum atomic E-state index is 0.241. The SMILES string of the molecule is O=C1CCCN1Cc1sc(Br)cc1Cl. The third-order valence-corrected chi connectivity index (χ3v) is 4.31. The van der Waals surface area contributed by atoms with Crippen LogP contribution in [0.3, 0.4) is 0 Å². The highest BCUT2D eigenvalue weighted by molar-refractivity contribution is 9.11. The number of nitrogens with zero attached hydrogens (tertiary/aromatic N) is 1. The predicted molar refractivity (Wildman–Crippen MR) is 61.7 cm³/mol. The number of amides is 1. The third-order valence-electron chi connectivity index (χ3n) is 2.23. The summed E-state index contributed by atoms with van der Waals surface area (Å²) in [7, 11) is 0. The van der Waals surface area contributed by atoms with Crippen molar-refractivity contribution in [2.75, 3.05) is 6.54 Å². The monoisotopic (exact) mass is 293 g/mol. The molecule has 5 heteroatoms. The topological polar surface area (TPSA) is 20.3 Å². The molecular formula is C9H9BrClNOS. The van der Waals surface area contributed by atoms with Gasteiger partial charge in [-0.25, -0.2) is 0 Å². The molecule has 0 spiro atoms. The first-order valence-corrected chi connectivity index (χ1v) is 6.37. The number of halogens is 2. The average molecular weight is 295 g/mol. The zero-order valence-electron chi connectivity index (χ0n) is 7.43. The molecule has 1 saturated heterocycles. The van der Waals surface area contributed by atoms with E-state index in [0.29, 0.717) is 13.0 Å². The summed E-state index contributed by atoms with van der Waals surface area (Å²) in [6.45, 7) is 1.53. The normalized spacial score (nSPS) is 16.7. The van der Waals surface area contributed by atoms with E-state index in [1.54, 1.807) is 11.3 Å². The van der Waals surface area contributed by atoms with E-state index >= 15 is 0 Å². The van der Waals surface area contributed by atoms with Crippen LogP contribution in [0.2, 0.25) is 5.02 Å². The number of hydrogen-bond donors (Lipinski definition) is 0. The minimum absolute atomic E-state index is 0.241. The Morgan fingerprint density at radius 1 is 1.64 bits per heavy atom. The molecule has 0 atom stereocenters. The quantitative estimate of drug-likeness (QED) is 0.819. The van der Waals surface area contributed by atoms with Crippen molar-refractivity contribution in [3.63, 3.8) is 0 Å². The van der Waals surface area contributed by atoms with Gasteiger partial charge >= 0.3 is 0 Å². The molecule has 0 saturated carbocycles. The second-order valence-electron chi connectivity index (χ2n) is 3.24. The lowest BCUT2D eigenvalue weighted by molar-refractivity contribution is -0.128. The average Bonchev–Trinajstić information content (AvgIpc) is 2.62. The molecule has 1 aliphatic heterocycles. The van der Waals surface area contributed by atoms with Gasteiger partial charge in [-0.15, -0.1) is 11.3 Å². The van der Waals surface area contributed by atoms with Gasteiger partial charge < -0.3 is 4.90 Å². The Labute approximate surface area is 100.0 Å². The van der Waals surface area contributed by atoms with Crippen LogP contribution in [0.15, 0.2) is 9.85 Å². The summed E-state index contributed by atoms with van der Waals surface area (Å²) in [6.07, 6.45) is 1.66. The molecular weight excluding hydrogens is 286 g/mol. The predicted octanol–water partition coefficient (Wildman–Crippen LogP) is 3.29. The Hall–Kier alpha value is -0.0600. The molecule has 0 aliphatic carbocycles. The van der Waals surface area contributed by atoms with Crippen molar-refractivity contribution in [3.8, 4) is 0 Å². The first kappa shape index (κ1) is 10.5. The van der Waals surface area contributed by atoms with Gasteiger partial charge in [0.25, 0.3) is 0 Å². The highest BCUT2D eigenvalue weighted by Crippen LogP contribution is 2.32. The lowest BCUT2D eigenvalue weighted by Gasteiger charge is -2.13. The van der Waals surface area contributed by atoms with Gasteiger partial charge in [-0.3, -0.25) is 4.79 Å². The van der Waals surface area contributed by atoms with Crippen LogP contribution < -0.4 is 0 Å². The van der Waals surface area contributed by atoms with Gasteiger partial charge in [0.05, 0.1) is 15.4 Å². The second kappa shape index (κ2) is 4.21. The summed E-state index contributed by atoms with van der Waals surface area (Å²) in [5, 5.41) is 0.751. The molecule has 1 aromatic heterocycles. The Kier molecular flexibility index (Phi) is 3.14. The summed E-state index contributed by atoms with van der Waals surface area (Å²) < 4.78 is 1.02. The van der Waals surface area contributed by atoms with Crippen molar-refractivity contribution < 1.29 is 4.79 Å². The summed E-state index contributed by atoms with van der Waals surface area (Å²) in [6, 6.07) is 1.88. The summed E-state index contributed by atoms with van der Waals surface area (Å²) >= 11 is 11.0. The lowest BCUT2D eigenvalue weighted by atomic mass is 10.4. The Morgan fingerprint density at radius 3 is 2.93 bits per heavy atom. The maximum absolute atomic E-state index is 11.4. The first-order valence-electron chi connectivity index (χ1n) is 4.38. The molecule has 2 heterocycles. The fourth-order valence-electron chi connectivity index (χ4n) is 1.53. The van der Waals surface area contributed by atoms with Gasteiger partial charge in [-0.2, -0.15) is 0 Å². The van der Waals surface area contributed by atoms with Gasteiger partial charge in [-0.1, -0.05) is 11.6 Å². The Morgan fingerprint density at radius 2 is 2.43 bits per heavy atom. The largest absolute Gasteiger partial charge is 0.337 e. The van der Waals surface area contributed by atoms with E-state index in [1.807, 2.05) is 11.0 Å². The number of hydrogen-bond acceptors (Lipinski definition) is 2. The molecule has 0 unspecified atom stereocenters. The number of thiophene rings is 1. The van der Waals surface area contributed by atoms with Crippen LogP contribution in [0.5, 0.6) is 0 Å². The van der Waals surface area contributed by atoms with Crippen molar-refractivity contribution >= 4 is 44.8 Å². The van der Waals surface area contributed by atoms with Crippen molar-refractivity contribution in [3.05, 3.63) is 19.8 Å².